The van der Waals surface area contributed by atoms with Gasteiger partial charge in [0.05, 0.1) is 5.41 Å². The molecular weight excluding hydrogens is 407 g/mol. The van der Waals surface area contributed by atoms with Crippen LogP contribution in [0.5, 0.6) is 0 Å². The Morgan fingerprint density at radius 3 is 2.56 bits per heavy atom. The van der Waals surface area contributed by atoms with Gasteiger partial charge in [0.25, 0.3) is 5.91 Å². The number of nitrogens with zero attached hydrogens (tertiary/aromatic N) is 1. The van der Waals surface area contributed by atoms with E-state index in [-0.39, 0.29) is 23.7 Å². The van der Waals surface area contributed by atoms with Crippen molar-refractivity contribution in [1.29, 1.82) is 0 Å². The summed E-state index contributed by atoms with van der Waals surface area (Å²) < 4.78 is 20.2. The minimum absolute atomic E-state index is 0.0101. The van der Waals surface area contributed by atoms with Crippen LogP contribution in [0.2, 0.25) is 0 Å². The summed E-state index contributed by atoms with van der Waals surface area (Å²) in [6.45, 7) is 5.34. The predicted octanol–water partition coefficient (Wildman–Crippen LogP) is 3.96. The fourth-order valence-electron chi connectivity index (χ4n) is 4.84. The Balaban J connectivity index is 1.65. The van der Waals surface area contributed by atoms with Crippen molar-refractivity contribution in [3.05, 3.63) is 59.9 Å². The van der Waals surface area contributed by atoms with E-state index in [1.807, 2.05) is 44.2 Å². The van der Waals surface area contributed by atoms with Gasteiger partial charge in [0.1, 0.15) is 11.9 Å². The van der Waals surface area contributed by atoms with Crippen LogP contribution in [0, 0.1) is 11.2 Å². The van der Waals surface area contributed by atoms with Crippen molar-refractivity contribution in [3.63, 3.8) is 0 Å². The largest absolute Gasteiger partial charge is 0.368 e. The summed E-state index contributed by atoms with van der Waals surface area (Å²) in [5, 5.41) is 3.06. The van der Waals surface area contributed by atoms with Gasteiger partial charge in [-0.25, -0.2) is 4.39 Å². The molecule has 1 N–H and O–H groups in total. The molecule has 0 spiro atoms. The fourth-order valence-corrected chi connectivity index (χ4v) is 4.84. The molecule has 2 aromatic rings. The average Bonchev–Trinajstić information content (AvgIpc) is 3.45. The number of ether oxygens (including phenoxy) is 1. The second-order valence-corrected chi connectivity index (χ2v) is 9.23. The molecule has 0 aliphatic carbocycles. The topological polar surface area (TPSA) is 58.6 Å². The molecule has 0 saturated carbocycles. The number of likely N-dealkylation sites (tertiary alicyclic amines) is 1. The Bertz CT molecular complexity index is 987. The quantitative estimate of drug-likeness (QED) is 0.743. The highest BCUT2D eigenvalue weighted by molar-refractivity contribution is 5.87. The lowest BCUT2D eigenvalue weighted by Crippen LogP contribution is -2.48. The monoisotopic (exact) mass is 438 g/mol. The van der Waals surface area contributed by atoms with E-state index in [1.165, 1.54) is 6.07 Å². The van der Waals surface area contributed by atoms with Gasteiger partial charge < -0.3 is 15.0 Å². The van der Waals surface area contributed by atoms with Crippen molar-refractivity contribution >= 4 is 11.8 Å². The van der Waals surface area contributed by atoms with Crippen molar-refractivity contribution in [2.45, 2.75) is 51.7 Å². The van der Waals surface area contributed by atoms with Gasteiger partial charge in [0.15, 0.2) is 0 Å². The van der Waals surface area contributed by atoms with Gasteiger partial charge in [0.2, 0.25) is 5.91 Å². The lowest BCUT2D eigenvalue weighted by atomic mass is 9.78. The van der Waals surface area contributed by atoms with Crippen molar-refractivity contribution in [1.82, 2.24) is 10.2 Å². The van der Waals surface area contributed by atoms with Gasteiger partial charge in [-0.15, -0.1) is 0 Å². The average molecular weight is 439 g/mol. The summed E-state index contributed by atoms with van der Waals surface area (Å²) in [4.78, 5) is 28.2. The number of hydrogen-bond acceptors (Lipinski definition) is 3. The van der Waals surface area contributed by atoms with E-state index in [9.17, 15) is 14.0 Å². The summed E-state index contributed by atoms with van der Waals surface area (Å²) in [5.41, 5.74) is 1.45. The number of rotatable bonds is 6. The molecule has 2 fully saturated rings. The van der Waals surface area contributed by atoms with E-state index in [1.54, 1.807) is 17.0 Å². The lowest BCUT2D eigenvalue weighted by molar-refractivity contribution is -0.141. The first kappa shape index (κ1) is 22.5. The third-order valence-corrected chi connectivity index (χ3v) is 6.48. The zero-order chi connectivity index (χ0) is 22.7. The van der Waals surface area contributed by atoms with Crippen LogP contribution >= 0.6 is 0 Å². The van der Waals surface area contributed by atoms with E-state index in [0.717, 1.165) is 24.0 Å². The summed E-state index contributed by atoms with van der Waals surface area (Å²) in [6.07, 6.45) is 2.22. The molecule has 5 nitrogen and oxygen atoms in total. The Morgan fingerprint density at radius 2 is 1.88 bits per heavy atom. The highest BCUT2D eigenvalue weighted by Crippen LogP contribution is 2.38. The van der Waals surface area contributed by atoms with E-state index in [0.29, 0.717) is 38.1 Å². The normalized spacial score (nSPS) is 23.0. The van der Waals surface area contributed by atoms with E-state index >= 15 is 0 Å². The molecular formula is C26H31FN2O3. The van der Waals surface area contributed by atoms with E-state index in [4.69, 9.17) is 4.74 Å². The molecule has 170 valence electrons. The van der Waals surface area contributed by atoms with Crippen LogP contribution in [0.15, 0.2) is 48.5 Å². The van der Waals surface area contributed by atoms with Crippen LogP contribution in [0.1, 0.15) is 38.7 Å². The maximum absolute atomic E-state index is 14.6. The SMILES string of the molecule is CC(C)NC(=O)[C@]1(Cc2ccccc2-c2ccccc2F)CCN(C(=O)[C@@H]2CCCO2)C1. The number of carbonyl (C=O) groups excluding carboxylic acids is 2. The maximum Gasteiger partial charge on any atom is 0.251 e. The Kier molecular flexibility index (Phi) is 6.60. The van der Waals surface area contributed by atoms with Crippen molar-refractivity contribution < 1.29 is 18.7 Å². The molecule has 0 unspecified atom stereocenters. The number of halogens is 1. The smallest absolute Gasteiger partial charge is 0.251 e. The third-order valence-electron chi connectivity index (χ3n) is 6.48. The van der Waals surface area contributed by atoms with Crippen LogP contribution < -0.4 is 5.32 Å². The molecule has 2 atom stereocenters. The van der Waals surface area contributed by atoms with Gasteiger partial charge in [0, 0.05) is 31.3 Å². The van der Waals surface area contributed by atoms with Crippen LogP contribution in [-0.2, 0) is 20.7 Å². The van der Waals surface area contributed by atoms with Gasteiger partial charge in [-0.05, 0) is 56.7 Å². The van der Waals surface area contributed by atoms with Gasteiger partial charge in [-0.2, -0.15) is 0 Å². The minimum atomic E-state index is -0.764. The molecule has 0 aromatic heterocycles. The second-order valence-electron chi connectivity index (χ2n) is 9.23. The summed E-state index contributed by atoms with van der Waals surface area (Å²) >= 11 is 0. The van der Waals surface area contributed by atoms with Gasteiger partial charge in [-0.3, -0.25) is 9.59 Å². The van der Waals surface area contributed by atoms with Gasteiger partial charge in [-0.1, -0.05) is 42.5 Å². The van der Waals surface area contributed by atoms with Crippen LogP contribution in [0.4, 0.5) is 4.39 Å². The van der Waals surface area contributed by atoms with Crippen molar-refractivity contribution in [3.8, 4) is 11.1 Å². The molecule has 2 saturated heterocycles. The van der Waals surface area contributed by atoms with E-state index < -0.39 is 11.5 Å². The number of hydrogen-bond donors (Lipinski definition) is 1. The standard InChI is InChI=1S/C26H31FN2O3/c1-18(2)28-25(31)26(13-14-29(17-26)24(30)23-12-7-15-32-23)16-19-8-3-4-9-20(19)21-10-5-6-11-22(21)27/h3-6,8-11,18,23H,7,12-17H2,1-2H3,(H,28,31)/t23-,26-/m0/s1. The Labute approximate surface area is 188 Å². The first-order valence-electron chi connectivity index (χ1n) is 11.4. The molecule has 2 aliphatic heterocycles. The van der Waals surface area contributed by atoms with Crippen LogP contribution in [0.25, 0.3) is 11.1 Å². The predicted molar refractivity (Wildman–Crippen MR) is 121 cm³/mol. The molecule has 6 heteroatoms. The van der Waals surface area contributed by atoms with Gasteiger partial charge >= 0.3 is 0 Å². The molecule has 2 heterocycles. The molecule has 2 amide bonds. The van der Waals surface area contributed by atoms with Crippen LogP contribution in [-0.4, -0.2) is 48.6 Å². The first-order chi connectivity index (χ1) is 15.4. The minimum Gasteiger partial charge on any atom is -0.368 e. The molecule has 2 aliphatic rings. The van der Waals surface area contributed by atoms with Crippen molar-refractivity contribution in [2.75, 3.05) is 19.7 Å². The molecule has 0 radical (unpaired) electrons. The fraction of sp³-hybridized carbons (Fsp3) is 0.462. The molecule has 4 rings (SSSR count). The molecule has 32 heavy (non-hydrogen) atoms. The van der Waals surface area contributed by atoms with Crippen molar-refractivity contribution in [2.24, 2.45) is 5.41 Å². The van der Waals surface area contributed by atoms with E-state index in [2.05, 4.69) is 5.32 Å². The number of carbonyl (C=O) groups is 2. The first-order valence-corrected chi connectivity index (χ1v) is 11.4. The highest BCUT2D eigenvalue weighted by Gasteiger charge is 2.47. The summed E-state index contributed by atoms with van der Waals surface area (Å²) in [5.74, 6) is -0.371. The zero-order valence-electron chi connectivity index (χ0n) is 18.8. The Hall–Kier alpha value is -2.73. The lowest BCUT2D eigenvalue weighted by Gasteiger charge is -2.30. The summed E-state index contributed by atoms with van der Waals surface area (Å²) in [6, 6.07) is 14.3. The highest BCUT2D eigenvalue weighted by atomic mass is 19.1. The zero-order valence-corrected chi connectivity index (χ0v) is 18.8. The molecule has 0 bridgehead atoms. The number of benzene rings is 2. The Morgan fingerprint density at radius 1 is 1.16 bits per heavy atom. The second kappa shape index (κ2) is 9.41. The maximum atomic E-state index is 14.6. The number of amides is 2. The summed E-state index contributed by atoms with van der Waals surface area (Å²) in [7, 11) is 0. The number of nitrogens with one attached hydrogen (secondary N) is 1. The third kappa shape index (κ3) is 4.56. The molecule has 2 aromatic carbocycles. The van der Waals surface area contributed by atoms with Crippen LogP contribution in [0.3, 0.4) is 0 Å².